The summed E-state index contributed by atoms with van der Waals surface area (Å²) >= 11 is 0. The van der Waals surface area contributed by atoms with E-state index >= 15 is 0 Å². The summed E-state index contributed by atoms with van der Waals surface area (Å²) < 4.78 is 0. The molecule has 0 unspecified atom stereocenters. The molecular weight excluding hydrogens is 334 g/mol. The third-order valence-corrected chi connectivity index (χ3v) is 3.58. The fourth-order valence-electron chi connectivity index (χ4n) is 2.43. The number of carbonyl (C=O) groups is 3. The van der Waals surface area contributed by atoms with Gasteiger partial charge in [0.15, 0.2) is 0 Å². The molecule has 0 spiro atoms. The summed E-state index contributed by atoms with van der Waals surface area (Å²) in [6, 6.07) is 3.97. The van der Waals surface area contributed by atoms with Gasteiger partial charge >= 0.3 is 11.9 Å². The van der Waals surface area contributed by atoms with Gasteiger partial charge in [0.05, 0.1) is 11.3 Å². The van der Waals surface area contributed by atoms with E-state index in [-0.39, 0.29) is 37.2 Å². The van der Waals surface area contributed by atoms with Crippen molar-refractivity contribution in [1.29, 1.82) is 0 Å². The van der Waals surface area contributed by atoms with Crippen LogP contribution in [0.25, 0.3) is 10.9 Å². The number of amides is 1. The maximum absolute atomic E-state index is 11.5. The van der Waals surface area contributed by atoms with E-state index in [0.29, 0.717) is 16.5 Å². The Morgan fingerprint density at radius 3 is 2.52 bits per heavy atom. The number of nitrogens with one attached hydrogen (secondary N) is 2. The summed E-state index contributed by atoms with van der Waals surface area (Å²) in [6.07, 6.45) is -0.354. The zero-order valence-electron chi connectivity index (χ0n) is 12.9. The van der Waals surface area contributed by atoms with E-state index in [0.717, 1.165) is 0 Å². The monoisotopic (exact) mass is 349 g/mol. The van der Waals surface area contributed by atoms with Crippen LogP contribution >= 0.6 is 0 Å². The van der Waals surface area contributed by atoms with Crippen molar-refractivity contribution in [2.75, 3.05) is 6.54 Å². The molecule has 0 saturated heterocycles. The number of carboxylic acids is 2. The van der Waals surface area contributed by atoms with Crippen LogP contribution in [0, 0.1) is 10.1 Å². The van der Waals surface area contributed by atoms with Gasteiger partial charge in [0, 0.05) is 36.0 Å². The van der Waals surface area contributed by atoms with Gasteiger partial charge in [-0.2, -0.15) is 0 Å². The highest BCUT2D eigenvalue weighted by atomic mass is 16.6. The molecule has 10 nitrogen and oxygen atoms in total. The van der Waals surface area contributed by atoms with Crippen LogP contribution in [-0.2, 0) is 16.0 Å². The Morgan fingerprint density at radius 1 is 1.20 bits per heavy atom. The Bertz CT molecular complexity index is 856. The van der Waals surface area contributed by atoms with E-state index in [4.69, 9.17) is 5.11 Å². The van der Waals surface area contributed by atoms with Crippen molar-refractivity contribution in [3.8, 4) is 0 Å². The van der Waals surface area contributed by atoms with Crippen LogP contribution in [0.4, 0.5) is 5.69 Å². The average molecular weight is 349 g/mol. The number of carbonyl (C=O) groups excluding carboxylic acids is 1. The average Bonchev–Trinajstić information content (AvgIpc) is 2.91. The molecule has 0 aliphatic heterocycles. The molecule has 10 heteroatoms. The number of nitrogens with zero attached hydrogens (tertiary/aromatic N) is 1. The van der Waals surface area contributed by atoms with Crippen molar-refractivity contribution in [1.82, 2.24) is 10.3 Å². The van der Waals surface area contributed by atoms with E-state index in [1.165, 1.54) is 18.2 Å². The molecule has 1 aromatic heterocycles. The maximum Gasteiger partial charge on any atom is 0.352 e. The van der Waals surface area contributed by atoms with Crippen molar-refractivity contribution >= 4 is 34.4 Å². The highest BCUT2D eigenvalue weighted by molar-refractivity contribution is 5.98. The fraction of sp³-hybridized carbons (Fsp3) is 0.267. The van der Waals surface area contributed by atoms with Gasteiger partial charge in [0.1, 0.15) is 5.69 Å². The second kappa shape index (κ2) is 7.43. The third kappa shape index (κ3) is 4.31. The number of hydrogen-bond acceptors (Lipinski definition) is 5. The molecule has 0 radical (unpaired) electrons. The lowest BCUT2D eigenvalue weighted by Crippen LogP contribution is -2.26. The number of non-ortho nitro benzene ring substituents is 1. The van der Waals surface area contributed by atoms with Gasteiger partial charge in [-0.15, -0.1) is 0 Å². The number of aromatic nitrogens is 1. The minimum Gasteiger partial charge on any atom is -0.481 e. The first-order valence-corrected chi connectivity index (χ1v) is 7.30. The molecule has 1 aromatic carbocycles. The third-order valence-electron chi connectivity index (χ3n) is 3.58. The summed E-state index contributed by atoms with van der Waals surface area (Å²) in [4.78, 5) is 46.3. The first-order valence-electron chi connectivity index (χ1n) is 7.30. The minimum atomic E-state index is -1.22. The lowest BCUT2D eigenvalue weighted by Gasteiger charge is -2.05. The SMILES string of the molecule is O=C(O)CCC(=O)NCCc1c(C(=O)O)[nH]c2ccc([N+](=O)[O-])cc12. The summed E-state index contributed by atoms with van der Waals surface area (Å²) in [7, 11) is 0. The minimum absolute atomic E-state index is 0.0778. The van der Waals surface area contributed by atoms with Gasteiger partial charge in [-0.1, -0.05) is 0 Å². The largest absolute Gasteiger partial charge is 0.481 e. The number of H-pyrrole nitrogens is 1. The number of aliphatic carboxylic acids is 1. The first kappa shape index (κ1) is 17.9. The number of carboxylic acid groups (broad SMARTS) is 2. The van der Waals surface area contributed by atoms with Crippen LogP contribution in [0.15, 0.2) is 18.2 Å². The van der Waals surface area contributed by atoms with Crippen LogP contribution in [0.2, 0.25) is 0 Å². The number of fused-ring (bicyclic) bond motifs is 1. The molecule has 4 N–H and O–H groups in total. The smallest absolute Gasteiger partial charge is 0.352 e. The molecule has 0 atom stereocenters. The van der Waals surface area contributed by atoms with Crippen LogP contribution in [-0.4, -0.2) is 44.5 Å². The Kier molecular flexibility index (Phi) is 5.32. The lowest BCUT2D eigenvalue weighted by molar-refractivity contribution is -0.384. The molecule has 1 heterocycles. The number of aromatic carboxylic acids is 1. The van der Waals surface area contributed by atoms with Crippen molar-refractivity contribution in [2.24, 2.45) is 0 Å². The molecule has 0 bridgehead atoms. The van der Waals surface area contributed by atoms with Crippen molar-refractivity contribution in [3.05, 3.63) is 39.6 Å². The molecule has 0 aliphatic rings. The zero-order valence-corrected chi connectivity index (χ0v) is 12.9. The number of aromatic amines is 1. The van der Waals surface area contributed by atoms with Crippen LogP contribution in [0.1, 0.15) is 28.9 Å². The van der Waals surface area contributed by atoms with E-state index in [1.54, 1.807) is 0 Å². The Hall–Kier alpha value is -3.43. The van der Waals surface area contributed by atoms with Gasteiger partial charge in [0.25, 0.3) is 5.69 Å². The molecule has 0 fully saturated rings. The quantitative estimate of drug-likeness (QED) is 0.412. The van der Waals surface area contributed by atoms with Gasteiger partial charge in [0.2, 0.25) is 5.91 Å². The van der Waals surface area contributed by atoms with Crippen LogP contribution in [0.5, 0.6) is 0 Å². The van der Waals surface area contributed by atoms with Crippen molar-refractivity contribution < 1.29 is 29.5 Å². The Labute approximate surface area is 140 Å². The number of nitro groups is 1. The summed E-state index contributed by atoms with van der Waals surface area (Å²) in [5.74, 6) is -2.77. The Balaban J connectivity index is 2.20. The normalized spacial score (nSPS) is 10.6. The highest BCUT2D eigenvalue weighted by Crippen LogP contribution is 2.27. The van der Waals surface area contributed by atoms with Gasteiger partial charge in [-0.25, -0.2) is 4.79 Å². The van der Waals surface area contributed by atoms with Gasteiger partial charge < -0.3 is 20.5 Å². The second-order valence-electron chi connectivity index (χ2n) is 5.26. The maximum atomic E-state index is 11.5. The van der Waals surface area contributed by atoms with Crippen molar-refractivity contribution in [3.63, 3.8) is 0 Å². The molecular formula is C15H15N3O7. The number of rotatable bonds is 8. The fourth-order valence-corrected chi connectivity index (χ4v) is 2.43. The summed E-state index contributed by atoms with van der Waals surface area (Å²) in [6.45, 7) is 0.0778. The lowest BCUT2D eigenvalue weighted by atomic mass is 10.1. The van der Waals surface area contributed by atoms with E-state index in [2.05, 4.69) is 10.3 Å². The predicted octanol–water partition coefficient (Wildman–Crippen LogP) is 1.30. The van der Waals surface area contributed by atoms with E-state index in [9.17, 15) is 29.6 Å². The first-order chi connectivity index (χ1) is 11.8. The molecule has 0 aliphatic carbocycles. The van der Waals surface area contributed by atoms with Crippen LogP contribution < -0.4 is 5.32 Å². The molecule has 2 rings (SSSR count). The van der Waals surface area contributed by atoms with E-state index in [1.807, 2.05) is 0 Å². The molecule has 2 aromatic rings. The van der Waals surface area contributed by atoms with Gasteiger partial charge in [-0.3, -0.25) is 19.7 Å². The predicted molar refractivity (Wildman–Crippen MR) is 85.5 cm³/mol. The standard InChI is InChI=1S/C15H15N3O7/c19-12(3-4-13(20)21)16-6-5-9-10-7-8(18(24)25)1-2-11(10)17-14(9)15(22)23/h1-2,7,17H,3-6H2,(H,16,19)(H,20,21)(H,22,23). The van der Waals surface area contributed by atoms with Crippen molar-refractivity contribution in [2.45, 2.75) is 19.3 Å². The number of benzene rings is 1. The zero-order chi connectivity index (χ0) is 18.6. The Morgan fingerprint density at radius 2 is 1.92 bits per heavy atom. The molecule has 1 amide bonds. The highest BCUT2D eigenvalue weighted by Gasteiger charge is 2.19. The molecule has 25 heavy (non-hydrogen) atoms. The van der Waals surface area contributed by atoms with Crippen LogP contribution in [0.3, 0.4) is 0 Å². The number of hydrogen-bond donors (Lipinski definition) is 4. The number of nitro benzene ring substituents is 1. The second-order valence-corrected chi connectivity index (χ2v) is 5.26. The molecule has 132 valence electrons. The molecule has 0 saturated carbocycles. The summed E-state index contributed by atoms with van der Waals surface area (Å²) in [5.41, 5.74) is 0.505. The topological polar surface area (TPSA) is 163 Å². The summed E-state index contributed by atoms with van der Waals surface area (Å²) in [5, 5.41) is 31.6. The van der Waals surface area contributed by atoms with E-state index < -0.39 is 22.8 Å². The van der Waals surface area contributed by atoms with Gasteiger partial charge in [-0.05, 0) is 18.1 Å².